The van der Waals surface area contributed by atoms with Gasteiger partial charge in [-0.2, -0.15) is 4.31 Å². The molecule has 1 aliphatic heterocycles. The third kappa shape index (κ3) is 2.77. The average Bonchev–Trinajstić information content (AvgIpc) is 2.88. The largest absolute Gasteiger partial charge is 0.218 e. The van der Waals surface area contributed by atoms with Crippen LogP contribution in [0.5, 0.6) is 0 Å². The second-order valence-corrected chi connectivity index (χ2v) is 7.80. The smallest absolute Gasteiger partial charge is 0.212 e. The molecule has 20 heavy (non-hydrogen) atoms. The predicted molar refractivity (Wildman–Crippen MR) is 77.5 cm³/mol. The summed E-state index contributed by atoms with van der Waals surface area (Å²) in [6, 6.07) is 7.61. The van der Waals surface area contributed by atoms with Gasteiger partial charge in [0.05, 0.1) is 5.75 Å². The van der Waals surface area contributed by atoms with Crippen molar-refractivity contribution < 1.29 is 12.8 Å². The van der Waals surface area contributed by atoms with Gasteiger partial charge in [-0.25, -0.2) is 12.8 Å². The number of nitrogens with zero attached hydrogens (tertiary/aromatic N) is 1. The molecule has 2 heterocycles. The first-order valence-electron chi connectivity index (χ1n) is 6.32. The van der Waals surface area contributed by atoms with Gasteiger partial charge in [-0.05, 0) is 41.1 Å². The lowest BCUT2D eigenvalue weighted by Gasteiger charge is -2.26. The Bertz CT molecular complexity index is 707. The van der Waals surface area contributed by atoms with Gasteiger partial charge < -0.3 is 0 Å². The molecule has 1 aliphatic rings. The number of halogens is 1. The maximum atomic E-state index is 12.8. The zero-order chi connectivity index (χ0) is 14.2. The fourth-order valence-corrected chi connectivity index (χ4v) is 4.73. The highest BCUT2D eigenvalue weighted by Crippen LogP contribution is 2.26. The van der Waals surface area contributed by atoms with Crippen molar-refractivity contribution in [2.45, 2.75) is 18.7 Å². The van der Waals surface area contributed by atoms with E-state index in [9.17, 15) is 12.8 Å². The van der Waals surface area contributed by atoms with Gasteiger partial charge in [-0.15, -0.1) is 11.3 Å². The molecule has 6 heteroatoms. The zero-order valence-corrected chi connectivity index (χ0v) is 12.4. The first-order valence-corrected chi connectivity index (χ1v) is 8.81. The monoisotopic (exact) mass is 311 g/mol. The van der Waals surface area contributed by atoms with E-state index in [4.69, 9.17) is 0 Å². The van der Waals surface area contributed by atoms with Crippen LogP contribution >= 0.6 is 11.3 Å². The molecule has 0 N–H and O–H groups in total. The molecule has 1 aromatic carbocycles. The molecule has 0 unspecified atom stereocenters. The fourth-order valence-electron chi connectivity index (χ4n) is 2.34. The molecule has 2 aromatic rings. The molecule has 0 bridgehead atoms. The molecule has 0 spiro atoms. The van der Waals surface area contributed by atoms with Crippen LogP contribution in [0.2, 0.25) is 0 Å². The summed E-state index contributed by atoms with van der Waals surface area (Å²) in [7, 11) is -3.35. The quantitative estimate of drug-likeness (QED) is 0.874. The van der Waals surface area contributed by atoms with E-state index in [0.29, 0.717) is 18.7 Å². The highest BCUT2D eigenvalue weighted by Gasteiger charge is 2.27. The van der Waals surface area contributed by atoms with Crippen LogP contribution in [0.3, 0.4) is 0 Å². The number of benzene rings is 1. The van der Waals surface area contributed by atoms with Gasteiger partial charge in [0.15, 0.2) is 0 Å². The molecule has 3 nitrogen and oxygen atoms in total. The van der Waals surface area contributed by atoms with E-state index in [0.717, 1.165) is 12.0 Å². The van der Waals surface area contributed by atoms with Crippen molar-refractivity contribution in [2.24, 2.45) is 0 Å². The Balaban J connectivity index is 1.77. The van der Waals surface area contributed by atoms with Crippen molar-refractivity contribution in [1.82, 2.24) is 4.31 Å². The molecule has 0 amide bonds. The predicted octanol–water partition coefficient (Wildman–Crippen LogP) is 2.78. The van der Waals surface area contributed by atoms with Crippen LogP contribution in [-0.4, -0.2) is 19.3 Å². The third-order valence-electron chi connectivity index (χ3n) is 3.43. The molecule has 1 aromatic heterocycles. The van der Waals surface area contributed by atoms with Crippen LogP contribution in [0, 0.1) is 5.82 Å². The van der Waals surface area contributed by atoms with Crippen molar-refractivity contribution in [3.05, 3.63) is 57.5 Å². The number of hydrogen-bond donors (Lipinski definition) is 0. The Morgan fingerprint density at radius 1 is 1.20 bits per heavy atom. The standard InChI is InChI=1S/C14H14FNO2S2/c15-13-3-1-11(2-4-13)10-20(17,18)16-7-5-14-12(9-16)6-8-19-14/h1-4,6,8H,5,7,9-10H2. The van der Waals surface area contributed by atoms with E-state index in [1.54, 1.807) is 11.3 Å². The summed E-state index contributed by atoms with van der Waals surface area (Å²) in [5.74, 6) is -0.431. The van der Waals surface area contributed by atoms with E-state index in [1.807, 2.05) is 11.4 Å². The molecule has 0 radical (unpaired) electrons. The van der Waals surface area contributed by atoms with Crippen LogP contribution in [-0.2, 0) is 28.7 Å². The minimum absolute atomic E-state index is 0.0766. The van der Waals surface area contributed by atoms with Gasteiger partial charge in [-0.1, -0.05) is 12.1 Å². The highest BCUT2D eigenvalue weighted by atomic mass is 32.2. The van der Waals surface area contributed by atoms with E-state index in [2.05, 4.69) is 0 Å². The molecular weight excluding hydrogens is 297 g/mol. The van der Waals surface area contributed by atoms with E-state index < -0.39 is 10.0 Å². The summed E-state index contributed by atoms with van der Waals surface area (Å²) >= 11 is 1.68. The summed E-state index contributed by atoms with van der Waals surface area (Å²) in [5, 5.41) is 2.00. The number of thiophene rings is 1. The molecule has 106 valence electrons. The first-order chi connectivity index (χ1) is 9.54. The molecule has 3 rings (SSSR count). The van der Waals surface area contributed by atoms with Crippen LogP contribution < -0.4 is 0 Å². The lowest BCUT2D eigenvalue weighted by atomic mass is 10.1. The van der Waals surface area contributed by atoms with Gasteiger partial charge in [0.1, 0.15) is 5.82 Å². The summed E-state index contributed by atoms with van der Waals surface area (Å²) in [4.78, 5) is 1.28. The summed E-state index contributed by atoms with van der Waals surface area (Å²) in [6.45, 7) is 0.972. The molecule has 0 aliphatic carbocycles. The molecule has 0 saturated heterocycles. The molecule has 0 fully saturated rings. The van der Waals surface area contributed by atoms with Gasteiger partial charge in [0.25, 0.3) is 0 Å². The van der Waals surface area contributed by atoms with E-state index in [1.165, 1.54) is 33.4 Å². The SMILES string of the molecule is O=S(=O)(Cc1ccc(F)cc1)N1CCc2sccc2C1. The van der Waals surface area contributed by atoms with Crippen LogP contribution in [0.4, 0.5) is 4.39 Å². The lowest BCUT2D eigenvalue weighted by Crippen LogP contribution is -2.36. The minimum Gasteiger partial charge on any atom is -0.212 e. The van der Waals surface area contributed by atoms with Crippen LogP contribution in [0.15, 0.2) is 35.7 Å². The summed E-state index contributed by atoms with van der Waals surface area (Å²) in [6.07, 6.45) is 0.773. The first kappa shape index (κ1) is 13.7. The number of hydrogen-bond acceptors (Lipinski definition) is 3. The van der Waals surface area contributed by atoms with Crippen molar-refractivity contribution in [3.63, 3.8) is 0 Å². The Kier molecular flexibility index (Phi) is 3.62. The lowest BCUT2D eigenvalue weighted by molar-refractivity contribution is 0.393. The number of rotatable bonds is 3. The maximum Gasteiger partial charge on any atom is 0.218 e. The van der Waals surface area contributed by atoms with Crippen molar-refractivity contribution in [2.75, 3.05) is 6.54 Å². The van der Waals surface area contributed by atoms with Gasteiger partial charge in [-0.3, -0.25) is 0 Å². The van der Waals surface area contributed by atoms with Crippen LogP contribution in [0.1, 0.15) is 16.0 Å². The molecular formula is C14H14FNO2S2. The summed E-state index contributed by atoms with van der Waals surface area (Å²) in [5.41, 5.74) is 1.71. The second-order valence-electron chi connectivity index (χ2n) is 4.84. The topological polar surface area (TPSA) is 37.4 Å². The Morgan fingerprint density at radius 2 is 1.95 bits per heavy atom. The van der Waals surface area contributed by atoms with Crippen molar-refractivity contribution >= 4 is 21.4 Å². The Morgan fingerprint density at radius 3 is 2.70 bits per heavy atom. The van der Waals surface area contributed by atoms with Crippen LogP contribution in [0.25, 0.3) is 0 Å². The molecule has 0 saturated carbocycles. The van der Waals surface area contributed by atoms with Gasteiger partial charge >= 0.3 is 0 Å². The molecule has 0 atom stereocenters. The highest BCUT2D eigenvalue weighted by molar-refractivity contribution is 7.88. The fraction of sp³-hybridized carbons (Fsp3) is 0.286. The van der Waals surface area contributed by atoms with Gasteiger partial charge in [0.2, 0.25) is 10.0 Å². The Labute approximate surface area is 121 Å². The number of sulfonamides is 1. The Hall–Kier alpha value is -1.24. The average molecular weight is 311 g/mol. The zero-order valence-electron chi connectivity index (χ0n) is 10.8. The minimum atomic E-state index is -3.35. The van der Waals surface area contributed by atoms with Crippen molar-refractivity contribution in [3.8, 4) is 0 Å². The second kappa shape index (κ2) is 5.27. The van der Waals surface area contributed by atoms with Crippen molar-refractivity contribution in [1.29, 1.82) is 0 Å². The normalized spacial score (nSPS) is 16.1. The van der Waals surface area contributed by atoms with E-state index >= 15 is 0 Å². The van der Waals surface area contributed by atoms with Gasteiger partial charge in [0, 0.05) is 18.0 Å². The summed E-state index contributed by atoms with van der Waals surface area (Å²) < 4.78 is 39.2. The third-order valence-corrected chi connectivity index (χ3v) is 6.25. The number of fused-ring (bicyclic) bond motifs is 1. The maximum absolute atomic E-state index is 12.8. The van der Waals surface area contributed by atoms with E-state index in [-0.39, 0.29) is 11.6 Å².